The van der Waals surface area contributed by atoms with E-state index in [1.54, 1.807) is 0 Å². The van der Waals surface area contributed by atoms with Crippen molar-refractivity contribution in [3.05, 3.63) is 22.9 Å². The Morgan fingerprint density at radius 2 is 2.14 bits per heavy atom. The quantitative estimate of drug-likeness (QED) is 0.365. The normalized spacial score (nSPS) is 14.9. The van der Waals surface area contributed by atoms with Gasteiger partial charge in [0.2, 0.25) is 0 Å². The Bertz CT molecular complexity index is 513. The molecule has 2 rings (SSSR count). The van der Waals surface area contributed by atoms with Crippen molar-refractivity contribution in [1.29, 1.82) is 0 Å². The summed E-state index contributed by atoms with van der Waals surface area (Å²) >= 11 is 0. The fraction of sp³-hybridized carbons (Fsp3) is 0.625. The molecule has 1 aromatic heterocycles. The minimum absolute atomic E-state index is 0.154. The number of anilines is 1. The lowest BCUT2D eigenvalue weighted by molar-refractivity contribution is 0.318. The number of aromatic nitrogens is 1. The summed E-state index contributed by atoms with van der Waals surface area (Å²) in [6.07, 6.45) is 6.71. The van der Waals surface area contributed by atoms with Gasteiger partial charge in [-0.25, -0.2) is 4.98 Å². The van der Waals surface area contributed by atoms with Gasteiger partial charge >= 0.3 is 0 Å². The zero-order valence-electron chi connectivity index (χ0n) is 13.1. The number of hydrogen-bond acceptors (Lipinski definition) is 4. The highest BCUT2D eigenvalue weighted by Gasteiger charge is 2.20. The smallest absolute Gasteiger partial charge is 0.173 e. The number of nitrogens with zero attached hydrogens (tertiary/aromatic N) is 3. The van der Waals surface area contributed by atoms with Crippen molar-refractivity contribution >= 4 is 11.7 Å². The van der Waals surface area contributed by atoms with E-state index in [0.29, 0.717) is 0 Å². The second-order valence-corrected chi connectivity index (χ2v) is 5.59. The summed E-state index contributed by atoms with van der Waals surface area (Å²) in [5, 5.41) is 12.3. The van der Waals surface area contributed by atoms with Crippen molar-refractivity contribution in [2.24, 2.45) is 10.9 Å². The lowest BCUT2D eigenvalue weighted by atomic mass is 9.94. The molecule has 1 heterocycles. The first-order chi connectivity index (χ1) is 10.2. The second-order valence-electron chi connectivity index (χ2n) is 5.59. The Morgan fingerprint density at radius 1 is 1.38 bits per heavy atom. The molecule has 0 spiro atoms. The third kappa shape index (κ3) is 3.46. The van der Waals surface area contributed by atoms with Gasteiger partial charge in [0.05, 0.1) is 5.56 Å². The molecule has 0 unspecified atom stereocenters. The number of hydrogen-bond donors (Lipinski definition) is 2. The fourth-order valence-electron chi connectivity index (χ4n) is 2.87. The van der Waals surface area contributed by atoms with Gasteiger partial charge in [-0.1, -0.05) is 18.5 Å². The standard InChI is InChI=1S/C16H26N4O/c1-3-5-10-20(4-2)16-13(15(17)19-21)11-12-8-6-7-9-14(12)18-16/h11,21H,3-10H2,1-2H3,(H2,17,19). The van der Waals surface area contributed by atoms with Gasteiger partial charge < -0.3 is 15.8 Å². The van der Waals surface area contributed by atoms with Crippen LogP contribution in [0.5, 0.6) is 0 Å². The summed E-state index contributed by atoms with van der Waals surface area (Å²) in [6, 6.07) is 2.07. The van der Waals surface area contributed by atoms with Crippen LogP contribution >= 0.6 is 0 Å². The van der Waals surface area contributed by atoms with E-state index in [2.05, 4.69) is 30.0 Å². The lowest BCUT2D eigenvalue weighted by Crippen LogP contribution is -2.29. The zero-order chi connectivity index (χ0) is 15.2. The first kappa shape index (κ1) is 15.6. The molecule has 0 saturated carbocycles. The number of aryl methyl sites for hydroxylation is 2. The predicted octanol–water partition coefficient (Wildman–Crippen LogP) is 2.68. The van der Waals surface area contributed by atoms with Gasteiger partial charge in [-0.3, -0.25) is 0 Å². The first-order valence-electron chi connectivity index (χ1n) is 7.96. The highest BCUT2D eigenvalue weighted by Crippen LogP contribution is 2.27. The van der Waals surface area contributed by atoms with Gasteiger partial charge in [0.25, 0.3) is 0 Å². The molecule has 0 amide bonds. The monoisotopic (exact) mass is 290 g/mol. The molecule has 1 aliphatic carbocycles. The molecule has 0 saturated heterocycles. The van der Waals surface area contributed by atoms with Crippen LogP contribution in [0.4, 0.5) is 5.82 Å². The summed E-state index contributed by atoms with van der Waals surface area (Å²) in [5.74, 6) is 1.02. The molecule has 0 atom stereocenters. The van der Waals surface area contributed by atoms with E-state index in [-0.39, 0.29) is 5.84 Å². The van der Waals surface area contributed by atoms with Crippen LogP contribution in [0.15, 0.2) is 11.2 Å². The summed E-state index contributed by atoms with van der Waals surface area (Å²) in [4.78, 5) is 7.09. The Balaban J connectivity index is 2.45. The average Bonchev–Trinajstić information content (AvgIpc) is 2.54. The number of fused-ring (bicyclic) bond motifs is 1. The number of oxime groups is 1. The van der Waals surface area contributed by atoms with Gasteiger partial charge in [-0.05, 0) is 50.7 Å². The Labute approximate surface area is 126 Å². The minimum atomic E-state index is 0.154. The molecule has 1 aromatic rings. The fourth-order valence-corrected chi connectivity index (χ4v) is 2.87. The molecule has 0 radical (unpaired) electrons. The molecule has 0 aliphatic heterocycles. The molecule has 3 N–H and O–H groups in total. The highest BCUT2D eigenvalue weighted by atomic mass is 16.4. The summed E-state index contributed by atoms with van der Waals surface area (Å²) in [6.45, 7) is 6.12. The largest absolute Gasteiger partial charge is 0.409 e. The van der Waals surface area contributed by atoms with Crippen LogP contribution < -0.4 is 10.6 Å². The van der Waals surface area contributed by atoms with Crippen LogP contribution in [-0.4, -0.2) is 29.1 Å². The Kier molecular flexibility index (Phi) is 5.42. The van der Waals surface area contributed by atoms with Crippen LogP contribution in [-0.2, 0) is 12.8 Å². The van der Waals surface area contributed by atoms with Crippen LogP contribution in [0.2, 0.25) is 0 Å². The third-order valence-corrected chi connectivity index (χ3v) is 4.13. The predicted molar refractivity (Wildman–Crippen MR) is 86.2 cm³/mol. The third-order valence-electron chi connectivity index (χ3n) is 4.13. The molecule has 0 bridgehead atoms. The van der Waals surface area contributed by atoms with Crippen molar-refractivity contribution in [3.63, 3.8) is 0 Å². The highest BCUT2D eigenvalue weighted by molar-refractivity contribution is 6.01. The van der Waals surface area contributed by atoms with E-state index in [0.717, 1.165) is 50.2 Å². The maximum Gasteiger partial charge on any atom is 0.173 e. The molecular formula is C16H26N4O. The van der Waals surface area contributed by atoms with Crippen LogP contribution in [0.3, 0.4) is 0 Å². The van der Waals surface area contributed by atoms with E-state index >= 15 is 0 Å². The summed E-state index contributed by atoms with van der Waals surface area (Å²) in [7, 11) is 0. The first-order valence-corrected chi connectivity index (χ1v) is 7.96. The summed E-state index contributed by atoms with van der Waals surface area (Å²) in [5.41, 5.74) is 9.07. The van der Waals surface area contributed by atoms with E-state index in [4.69, 9.17) is 15.9 Å². The topological polar surface area (TPSA) is 74.7 Å². The van der Waals surface area contributed by atoms with Crippen molar-refractivity contribution in [3.8, 4) is 0 Å². The molecule has 5 nitrogen and oxygen atoms in total. The van der Waals surface area contributed by atoms with E-state index in [1.807, 2.05) is 0 Å². The van der Waals surface area contributed by atoms with Gasteiger partial charge in [0.15, 0.2) is 5.84 Å². The number of pyridine rings is 1. The van der Waals surface area contributed by atoms with Gasteiger partial charge in [0.1, 0.15) is 5.82 Å². The SMILES string of the molecule is CCCCN(CC)c1nc2c(cc1C(N)=NO)CCCC2. The van der Waals surface area contributed by atoms with Gasteiger partial charge in [-0.2, -0.15) is 0 Å². The maximum absolute atomic E-state index is 9.06. The van der Waals surface area contributed by atoms with E-state index in [1.165, 1.54) is 24.1 Å². The molecule has 116 valence electrons. The zero-order valence-corrected chi connectivity index (χ0v) is 13.1. The Hall–Kier alpha value is -1.78. The van der Waals surface area contributed by atoms with E-state index in [9.17, 15) is 0 Å². The van der Waals surface area contributed by atoms with Crippen molar-refractivity contribution in [2.45, 2.75) is 52.4 Å². The van der Waals surface area contributed by atoms with Crippen molar-refractivity contribution in [1.82, 2.24) is 4.98 Å². The van der Waals surface area contributed by atoms with Crippen LogP contribution in [0.25, 0.3) is 0 Å². The van der Waals surface area contributed by atoms with Crippen molar-refractivity contribution < 1.29 is 5.21 Å². The summed E-state index contributed by atoms with van der Waals surface area (Å²) < 4.78 is 0. The van der Waals surface area contributed by atoms with Crippen molar-refractivity contribution in [2.75, 3.05) is 18.0 Å². The van der Waals surface area contributed by atoms with Gasteiger partial charge in [0, 0.05) is 18.8 Å². The molecule has 21 heavy (non-hydrogen) atoms. The molecule has 5 heteroatoms. The van der Waals surface area contributed by atoms with Crippen LogP contribution in [0, 0.1) is 0 Å². The van der Waals surface area contributed by atoms with Crippen LogP contribution in [0.1, 0.15) is 56.4 Å². The average molecular weight is 290 g/mol. The van der Waals surface area contributed by atoms with E-state index < -0.39 is 0 Å². The number of amidine groups is 1. The number of unbranched alkanes of at least 4 members (excludes halogenated alkanes) is 1. The molecule has 1 aliphatic rings. The molecular weight excluding hydrogens is 264 g/mol. The maximum atomic E-state index is 9.06. The number of nitrogens with two attached hydrogens (primary N) is 1. The number of rotatable bonds is 6. The molecule has 0 aromatic carbocycles. The lowest BCUT2D eigenvalue weighted by Gasteiger charge is -2.27. The Morgan fingerprint density at radius 3 is 2.81 bits per heavy atom. The molecule has 0 fully saturated rings. The minimum Gasteiger partial charge on any atom is -0.409 e. The van der Waals surface area contributed by atoms with Gasteiger partial charge in [-0.15, -0.1) is 0 Å². The second kappa shape index (κ2) is 7.29.